The molecule has 271 valence electrons. The first-order chi connectivity index (χ1) is 22.7. The normalized spacial score (nSPS) is 32.5. The number of aliphatic hydroxyl groups is 5. The maximum Gasteiger partial charge on any atom is 0.245 e. The summed E-state index contributed by atoms with van der Waals surface area (Å²) in [5.41, 5.74) is 5.12. The number of amides is 3. The number of ether oxygens (including phenoxy) is 1. The fraction of sp³-hybridized carbons (Fsp3) is 0.786. The minimum Gasteiger partial charge on any atom is -0.394 e. The predicted molar refractivity (Wildman–Crippen MR) is 170 cm³/mol. The van der Waals surface area contributed by atoms with Gasteiger partial charge in [-0.25, -0.2) is 0 Å². The lowest BCUT2D eigenvalue weighted by molar-refractivity contribution is -0.263. The van der Waals surface area contributed by atoms with E-state index in [1.807, 2.05) is 23.9 Å². The molecule has 3 fully saturated rings. The minimum absolute atomic E-state index is 0.0812. The van der Waals surface area contributed by atoms with Crippen LogP contribution in [0.25, 0.3) is 0 Å². The van der Waals surface area contributed by atoms with E-state index < -0.39 is 91.8 Å². The Labute approximate surface area is 278 Å². The summed E-state index contributed by atoms with van der Waals surface area (Å²) in [5.74, 6) is -1.53. The van der Waals surface area contributed by atoms with Gasteiger partial charge in [-0.3, -0.25) is 29.2 Å². The third-order valence-electron chi connectivity index (χ3n) is 8.95. The molecule has 48 heavy (non-hydrogen) atoms. The second kappa shape index (κ2) is 16.6. The third-order valence-corrected chi connectivity index (χ3v) is 8.95. The first kappa shape index (κ1) is 38.8. The van der Waals surface area contributed by atoms with Crippen LogP contribution in [-0.2, 0) is 23.9 Å². The first-order valence-electron chi connectivity index (χ1n) is 15.5. The molecular formula is C28H49N10O10. The highest BCUT2D eigenvalue weighted by Gasteiger charge is 2.54. The van der Waals surface area contributed by atoms with Crippen LogP contribution in [0.15, 0.2) is 9.98 Å². The standard InChI is InChI=1S/C28H49N10O10/c1-28(13-33-26(30-2)38(28)25-21(44)20(43)19(42)18(12-41)48-25)9-16(24(47)35-17(11-40)23(46)32-6-7-39)34-22(45)15(29)8-14-10-36(4)27(31-3)37(14)5/h14-21,25,40-44H,6,8-13,29H2,1-5H3,(H,30,33)(H,32,46)(H,34,45)(H,35,47)/t14?,15-,16+,17-,18+,19+,20-,21-,25-,28?/m0/s1. The summed E-state index contributed by atoms with van der Waals surface area (Å²) in [4.78, 5) is 64.2. The summed E-state index contributed by atoms with van der Waals surface area (Å²) in [6.07, 6.45) is -6.18. The number of likely N-dealkylation sites (N-methyl/N-ethyl adjacent to an activating group) is 2. The highest BCUT2D eigenvalue weighted by molar-refractivity contribution is 5.94. The van der Waals surface area contributed by atoms with E-state index in [1.165, 1.54) is 18.2 Å². The fourth-order valence-corrected chi connectivity index (χ4v) is 6.33. The Bertz CT molecular complexity index is 1220. The van der Waals surface area contributed by atoms with Gasteiger partial charge < -0.3 is 72.0 Å². The molecule has 3 amide bonds. The summed E-state index contributed by atoms with van der Waals surface area (Å²) >= 11 is 0. The van der Waals surface area contributed by atoms with Crippen molar-refractivity contribution >= 4 is 35.9 Å². The average molecular weight is 686 g/mol. The van der Waals surface area contributed by atoms with Crippen molar-refractivity contribution < 1.29 is 49.4 Å². The van der Waals surface area contributed by atoms with Gasteiger partial charge in [0.1, 0.15) is 36.5 Å². The Balaban J connectivity index is 1.92. The number of rotatable bonds is 14. The summed E-state index contributed by atoms with van der Waals surface area (Å²) in [6.45, 7) is 0.306. The van der Waals surface area contributed by atoms with Gasteiger partial charge in [-0.05, 0) is 13.3 Å². The van der Waals surface area contributed by atoms with Gasteiger partial charge in [0.25, 0.3) is 0 Å². The molecule has 0 aromatic heterocycles. The maximum absolute atomic E-state index is 13.8. The van der Waals surface area contributed by atoms with Crippen molar-refractivity contribution in [1.29, 1.82) is 0 Å². The van der Waals surface area contributed by atoms with Crippen molar-refractivity contribution in [2.24, 2.45) is 15.7 Å². The number of nitrogens with one attached hydrogen (secondary N) is 4. The summed E-state index contributed by atoms with van der Waals surface area (Å²) in [7, 11) is 6.78. The average Bonchev–Trinajstić information content (AvgIpc) is 3.53. The molecule has 10 atom stereocenters. The lowest BCUT2D eigenvalue weighted by atomic mass is 9.89. The zero-order chi connectivity index (χ0) is 35.9. The van der Waals surface area contributed by atoms with Crippen molar-refractivity contribution in [3.05, 3.63) is 0 Å². The van der Waals surface area contributed by atoms with Crippen LogP contribution in [0.5, 0.6) is 0 Å². The lowest BCUT2D eigenvalue weighted by Crippen LogP contribution is -2.68. The Hall–Kier alpha value is -3.66. The zero-order valence-electron chi connectivity index (χ0n) is 27.7. The molecule has 20 heteroatoms. The number of guanidine groups is 2. The van der Waals surface area contributed by atoms with E-state index in [2.05, 4.69) is 31.3 Å². The van der Waals surface area contributed by atoms with Crippen LogP contribution in [0.3, 0.4) is 0 Å². The quantitative estimate of drug-likeness (QED) is 0.0813. The molecule has 0 saturated carbocycles. The SMILES string of the molecule is CN=C1N(C)CC(C[C@H](N)C(=O)N[C@H](CC2(C)CNC(=NC)N2[C@H]2O[C@H](CO)[C@@H](O)[C@H](O)[C@@H]2O)C(=O)N[C@@H](CO)C(=O)NC[C]=O)N1C. The Morgan fingerprint density at radius 2 is 1.73 bits per heavy atom. The molecule has 3 aliphatic heterocycles. The van der Waals surface area contributed by atoms with Crippen LogP contribution in [-0.4, -0.2) is 198 Å². The largest absolute Gasteiger partial charge is 0.394 e. The topological polar surface area (TPSA) is 287 Å². The summed E-state index contributed by atoms with van der Waals surface area (Å²) < 4.78 is 5.82. The van der Waals surface area contributed by atoms with Crippen molar-refractivity contribution in [2.45, 2.75) is 80.1 Å². The number of carbonyl (C=O) groups excluding carboxylic acids is 4. The van der Waals surface area contributed by atoms with Crippen molar-refractivity contribution in [3.63, 3.8) is 0 Å². The van der Waals surface area contributed by atoms with Crippen LogP contribution >= 0.6 is 0 Å². The molecule has 0 aliphatic carbocycles. The predicted octanol–water partition coefficient (Wildman–Crippen LogP) is -7.04. The van der Waals surface area contributed by atoms with E-state index in [-0.39, 0.29) is 31.4 Å². The lowest BCUT2D eigenvalue weighted by Gasteiger charge is -2.48. The van der Waals surface area contributed by atoms with Crippen LogP contribution in [0, 0.1) is 0 Å². The zero-order valence-corrected chi connectivity index (χ0v) is 27.7. The van der Waals surface area contributed by atoms with Crippen molar-refractivity contribution in [3.8, 4) is 0 Å². The van der Waals surface area contributed by atoms with Gasteiger partial charge in [0, 0.05) is 47.7 Å². The molecule has 11 N–H and O–H groups in total. The Morgan fingerprint density at radius 3 is 2.29 bits per heavy atom. The monoisotopic (exact) mass is 685 g/mol. The molecule has 0 aromatic carbocycles. The molecule has 3 rings (SSSR count). The molecule has 3 saturated heterocycles. The second-order valence-corrected chi connectivity index (χ2v) is 12.4. The van der Waals surface area contributed by atoms with E-state index in [1.54, 1.807) is 14.0 Å². The summed E-state index contributed by atoms with van der Waals surface area (Å²) in [6, 6.07) is -4.14. The Kier molecular flexibility index (Phi) is 13.4. The molecule has 3 heterocycles. The molecule has 0 bridgehead atoms. The molecular weight excluding hydrogens is 636 g/mol. The molecule has 1 radical (unpaired) electrons. The fourth-order valence-electron chi connectivity index (χ4n) is 6.33. The van der Waals surface area contributed by atoms with Crippen molar-refractivity contribution in [1.82, 2.24) is 36.0 Å². The first-order valence-corrected chi connectivity index (χ1v) is 15.5. The van der Waals surface area contributed by atoms with Gasteiger partial charge in [0.2, 0.25) is 24.0 Å². The van der Waals surface area contributed by atoms with E-state index in [0.29, 0.717) is 12.5 Å². The maximum atomic E-state index is 13.8. The Morgan fingerprint density at radius 1 is 1.06 bits per heavy atom. The molecule has 2 unspecified atom stereocenters. The van der Waals surface area contributed by atoms with E-state index in [0.717, 1.165) is 0 Å². The van der Waals surface area contributed by atoms with Gasteiger partial charge in [-0.2, -0.15) is 0 Å². The number of aliphatic imine (C=N–C) groups is 2. The second-order valence-electron chi connectivity index (χ2n) is 12.4. The smallest absolute Gasteiger partial charge is 0.245 e. The molecule has 0 aromatic rings. The number of nitrogens with zero attached hydrogens (tertiary/aromatic N) is 5. The molecule has 3 aliphatic rings. The van der Waals surface area contributed by atoms with E-state index in [9.17, 15) is 44.7 Å². The highest BCUT2D eigenvalue weighted by Crippen LogP contribution is 2.34. The van der Waals surface area contributed by atoms with Crippen LogP contribution in [0.1, 0.15) is 19.8 Å². The van der Waals surface area contributed by atoms with Gasteiger partial charge in [-0.15, -0.1) is 0 Å². The van der Waals surface area contributed by atoms with E-state index >= 15 is 0 Å². The number of hydrogen-bond donors (Lipinski definition) is 10. The van der Waals surface area contributed by atoms with Crippen LogP contribution < -0.4 is 27.0 Å². The number of carbonyl (C=O) groups is 3. The van der Waals surface area contributed by atoms with E-state index in [4.69, 9.17) is 10.5 Å². The number of hydrogen-bond acceptors (Lipinski definition) is 13. The van der Waals surface area contributed by atoms with Crippen molar-refractivity contribution in [2.75, 3.05) is 61.0 Å². The minimum atomic E-state index is -1.71. The van der Waals surface area contributed by atoms with Crippen LogP contribution in [0.2, 0.25) is 0 Å². The van der Waals surface area contributed by atoms with Gasteiger partial charge in [0.05, 0.1) is 37.4 Å². The van der Waals surface area contributed by atoms with Gasteiger partial charge in [-0.1, -0.05) is 0 Å². The van der Waals surface area contributed by atoms with Crippen LogP contribution in [0.4, 0.5) is 0 Å². The summed E-state index contributed by atoms with van der Waals surface area (Å²) in [5, 5.41) is 61.8. The van der Waals surface area contributed by atoms with Gasteiger partial charge >= 0.3 is 0 Å². The third kappa shape index (κ3) is 8.31. The molecule has 20 nitrogen and oxygen atoms in total. The van der Waals surface area contributed by atoms with Gasteiger partial charge in [0.15, 0.2) is 18.1 Å². The number of aliphatic hydroxyl groups excluding tert-OH is 5. The number of nitrogens with two attached hydrogens (primary N) is 1. The molecule has 0 spiro atoms. The highest BCUT2D eigenvalue weighted by atomic mass is 16.6.